The first-order valence-corrected chi connectivity index (χ1v) is 4.11. The summed E-state index contributed by atoms with van der Waals surface area (Å²) in [6, 6.07) is 0. The first-order chi connectivity index (χ1) is 5.68. The predicted molar refractivity (Wildman–Crippen MR) is 48.6 cm³/mol. The number of fused-ring (bicyclic) bond motifs is 1. The molecule has 2 aromatic heterocycles. The van der Waals surface area contributed by atoms with Gasteiger partial charge in [0.25, 0.3) is 0 Å². The molecule has 0 saturated heterocycles. The van der Waals surface area contributed by atoms with Gasteiger partial charge in [0.15, 0.2) is 0 Å². The lowest BCUT2D eigenvalue weighted by Gasteiger charge is -1.95. The van der Waals surface area contributed by atoms with Crippen LogP contribution in [0.15, 0.2) is 6.20 Å². The van der Waals surface area contributed by atoms with Gasteiger partial charge in [0, 0.05) is 6.20 Å². The summed E-state index contributed by atoms with van der Waals surface area (Å²) in [6.45, 7) is 1.78. The standard InChI is InChI=1S/C7H5Cl2N3/c1-3-11-6(9)5-4(8)2-10-7(5)12-3/h2H,1H3,(H,10,11,12). The lowest BCUT2D eigenvalue weighted by molar-refractivity contribution is 1.08. The summed E-state index contributed by atoms with van der Waals surface area (Å²) in [5, 5.41) is 1.63. The van der Waals surface area contributed by atoms with E-state index in [0.717, 1.165) is 0 Å². The number of hydrogen-bond donors (Lipinski definition) is 1. The lowest BCUT2D eigenvalue weighted by atomic mass is 10.4. The minimum absolute atomic E-state index is 0.392. The second-order valence-electron chi connectivity index (χ2n) is 2.42. The van der Waals surface area contributed by atoms with Gasteiger partial charge in [-0.15, -0.1) is 0 Å². The molecule has 2 rings (SSSR count). The molecule has 0 aliphatic carbocycles. The Bertz CT molecular complexity index is 435. The maximum absolute atomic E-state index is 5.85. The van der Waals surface area contributed by atoms with E-state index in [4.69, 9.17) is 23.2 Å². The van der Waals surface area contributed by atoms with Gasteiger partial charge in [-0.2, -0.15) is 0 Å². The fourth-order valence-corrected chi connectivity index (χ4v) is 1.65. The van der Waals surface area contributed by atoms with Gasteiger partial charge in [0.2, 0.25) is 0 Å². The minimum Gasteiger partial charge on any atom is -0.344 e. The maximum atomic E-state index is 5.85. The first kappa shape index (κ1) is 7.83. The molecule has 62 valence electrons. The second kappa shape index (κ2) is 2.61. The summed E-state index contributed by atoms with van der Waals surface area (Å²) in [5.74, 6) is 0.631. The van der Waals surface area contributed by atoms with E-state index in [2.05, 4.69) is 15.0 Å². The van der Waals surface area contributed by atoms with Gasteiger partial charge in [-0.25, -0.2) is 9.97 Å². The molecule has 0 fully saturated rings. The van der Waals surface area contributed by atoms with Gasteiger partial charge in [0.1, 0.15) is 16.6 Å². The average molecular weight is 202 g/mol. The van der Waals surface area contributed by atoms with E-state index in [0.29, 0.717) is 27.0 Å². The molecule has 0 aromatic carbocycles. The van der Waals surface area contributed by atoms with Crippen LogP contribution in [0.3, 0.4) is 0 Å². The Morgan fingerprint density at radius 2 is 2.08 bits per heavy atom. The molecule has 12 heavy (non-hydrogen) atoms. The van der Waals surface area contributed by atoms with Gasteiger partial charge in [-0.3, -0.25) is 0 Å². The zero-order valence-electron chi connectivity index (χ0n) is 6.23. The molecule has 0 radical (unpaired) electrons. The third-order valence-corrected chi connectivity index (χ3v) is 2.12. The third-order valence-electron chi connectivity index (χ3n) is 1.55. The first-order valence-electron chi connectivity index (χ1n) is 3.35. The van der Waals surface area contributed by atoms with Crippen molar-refractivity contribution in [3.05, 3.63) is 22.2 Å². The monoisotopic (exact) mass is 201 g/mol. The molecule has 0 spiro atoms. The number of aromatic nitrogens is 3. The van der Waals surface area contributed by atoms with Gasteiger partial charge in [-0.05, 0) is 6.92 Å². The van der Waals surface area contributed by atoms with Gasteiger partial charge in [-0.1, -0.05) is 23.2 Å². The SMILES string of the molecule is Cc1nc(Cl)c2c(Cl)c[nH]c2n1. The zero-order chi connectivity index (χ0) is 8.72. The molecule has 3 nitrogen and oxygen atoms in total. The van der Waals surface area contributed by atoms with Crippen LogP contribution in [0.5, 0.6) is 0 Å². The molecule has 5 heteroatoms. The zero-order valence-corrected chi connectivity index (χ0v) is 7.74. The van der Waals surface area contributed by atoms with E-state index in [1.165, 1.54) is 0 Å². The quantitative estimate of drug-likeness (QED) is 0.667. The molecule has 1 N–H and O–H groups in total. The Balaban J connectivity index is 2.93. The van der Waals surface area contributed by atoms with Gasteiger partial charge in [0.05, 0.1) is 10.4 Å². The normalized spacial score (nSPS) is 10.9. The highest BCUT2D eigenvalue weighted by molar-refractivity contribution is 6.41. The Hall–Kier alpha value is -0.800. The molecule has 0 saturated carbocycles. The fraction of sp³-hybridized carbons (Fsp3) is 0.143. The molecular formula is C7H5Cl2N3. The summed E-state index contributed by atoms with van der Waals surface area (Å²) in [4.78, 5) is 11.0. The molecule has 0 atom stereocenters. The van der Waals surface area contributed by atoms with Crippen LogP contribution in [0.25, 0.3) is 11.0 Å². The van der Waals surface area contributed by atoms with Crippen molar-refractivity contribution >= 4 is 34.2 Å². The van der Waals surface area contributed by atoms with Crippen LogP contribution in [0.2, 0.25) is 10.2 Å². The topological polar surface area (TPSA) is 41.6 Å². The molecule has 0 amide bonds. The summed E-state index contributed by atoms with van der Waals surface area (Å²) < 4.78 is 0. The number of aryl methyl sites for hydroxylation is 1. The Labute approximate surface area is 78.7 Å². The van der Waals surface area contributed by atoms with Gasteiger partial charge >= 0.3 is 0 Å². The van der Waals surface area contributed by atoms with Gasteiger partial charge < -0.3 is 4.98 Å². The lowest BCUT2D eigenvalue weighted by Crippen LogP contribution is -1.88. The van der Waals surface area contributed by atoms with E-state index in [1.54, 1.807) is 13.1 Å². The second-order valence-corrected chi connectivity index (χ2v) is 3.19. The number of halogens is 2. The highest BCUT2D eigenvalue weighted by atomic mass is 35.5. The number of nitrogens with zero attached hydrogens (tertiary/aromatic N) is 2. The molecule has 2 heterocycles. The fourth-order valence-electron chi connectivity index (χ4n) is 1.06. The van der Waals surface area contributed by atoms with Crippen LogP contribution in [0.4, 0.5) is 0 Å². The van der Waals surface area contributed by atoms with Crippen molar-refractivity contribution in [3.8, 4) is 0 Å². The Morgan fingerprint density at radius 3 is 2.83 bits per heavy atom. The summed E-state index contributed by atoms with van der Waals surface area (Å²) in [6.07, 6.45) is 1.65. The molecular weight excluding hydrogens is 197 g/mol. The number of rotatable bonds is 0. The third kappa shape index (κ3) is 1.06. The Morgan fingerprint density at radius 1 is 1.33 bits per heavy atom. The summed E-state index contributed by atoms with van der Waals surface area (Å²) >= 11 is 11.7. The largest absolute Gasteiger partial charge is 0.344 e. The summed E-state index contributed by atoms with van der Waals surface area (Å²) in [7, 11) is 0. The highest BCUT2D eigenvalue weighted by Gasteiger charge is 2.08. The van der Waals surface area contributed by atoms with Crippen LogP contribution < -0.4 is 0 Å². The van der Waals surface area contributed by atoms with Crippen LogP contribution in [0.1, 0.15) is 5.82 Å². The predicted octanol–water partition coefficient (Wildman–Crippen LogP) is 2.57. The Kier molecular flexibility index (Phi) is 1.70. The van der Waals surface area contributed by atoms with Crippen LogP contribution >= 0.6 is 23.2 Å². The van der Waals surface area contributed by atoms with Crippen LogP contribution in [-0.2, 0) is 0 Å². The number of aromatic amines is 1. The highest BCUT2D eigenvalue weighted by Crippen LogP contribution is 2.27. The van der Waals surface area contributed by atoms with Crippen molar-refractivity contribution in [3.63, 3.8) is 0 Å². The average Bonchev–Trinajstić information content (AvgIpc) is 2.31. The smallest absolute Gasteiger partial charge is 0.144 e. The van der Waals surface area contributed by atoms with Crippen molar-refractivity contribution in [2.45, 2.75) is 6.92 Å². The molecule has 0 bridgehead atoms. The summed E-state index contributed by atoms with van der Waals surface area (Å²) in [5.41, 5.74) is 0.678. The number of hydrogen-bond acceptors (Lipinski definition) is 2. The van der Waals surface area contributed by atoms with Crippen molar-refractivity contribution < 1.29 is 0 Å². The van der Waals surface area contributed by atoms with Crippen LogP contribution in [0, 0.1) is 6.92 Å². The van der Waals surface area contributed by atoms with Crippen molar-refractivity contribution in [2.24, 2.45) is 0 Å². The van der Waals surface area contributed by atoms with Crippen molar-refractivity contribution in [1.29, 1.82) is 0 Å². The van der Waals surface area contributed by atoms with E-state index >= 15 is 0 Å². The van der Waals surface area contributed by atoms with E-state index in [1.807, 2.05) is 0 Å². The van der Waals surface area contributed by atoms with Crippen LogP contribution in [-0.4, -0.2) is 15.0 Å². The van der Waals surface area contributed by atoms with E-state index in [9.17, 15) is 0 Å². The van der Waals surface area contributed by atoms with Crippen molar-refractivity contribution in [1.82, 2.24) is 15.0 Å². The minimum atomic E-state index is 0.392. The van der Waals surface area contributed by atoms with E-state index in [-0.39, 0.29) is 0 Å². The molecule has 0 aliphatic heterocycles. The molecule has 0 unspecified atom stereocenters. The number of nitrogens with one attached hydrogen (secondary N) is 1. The number of H-pyrrole nitrogens is 1. The maximum Gasteiger partial charge on any atom is 0.144 e. The van der Waals surface area contributed by atoms with E-state index < -0.39 is 0 Å². The van der Waals surface area contributed by atoms with Crippen molar-refractivity contribution in [2.75, 3.05) is 0 Å². The molecule has 0 aliphatic rings. The molecule has 2 aromatic rings.